The van der Waals surface area contributed by atoms with Gasteiger partial charge in [-0.3, -0.25) is 9.59 Å². The average Bonchev–Trinajstić information content (AvgIpc) is 2.75. The normalized spacial score (nSPS) is 12.2. The van der Waals surface area contributed by atoms with Crippen LogP contribution >= 0.6 is 0 Å². The Labute approximate surface area is 171 Å². The third kappa shape index (κ3) is 4.37. The highest BCUT2D eigenvalue weighted by atomic mass is 16.2. The van der Waals surface area contributed by atoms with Gasteiger partial charge in [0.1, 0.15) is 6.04 Å². The van der Waals surface area contributed by atoms with Crippen LogP contribution in [-0.2, 0) is 21.4 Å². The minimum Gasteiger partial charge on any atom is -0.368 e. The van der Waals surface area contributed by atoms with Crippen LogP contribution < -0.4 is 11.1 Å². The number of aryl methyl sites for hydroxylation is 1. The molecule has 0 aromatic heterocycles. The first-order valence-electron chi connectivity index (χ1n) is 9.68. The van der Waals surface area contributed by atoms with Crippen LogP contribution in [0, 0.1) is 6.92 Å². The average molecular weight is 386 g/mol. The zero-order chi connectivity index (χ0) is 20.9. The van der Waals surface area contributed by atoms with Crippen molar-refractivity contribution in [2.75, 3.05) is 0 Å². The molecule has 0 aliphatic carbocycles. The molecule has 1 atom stereocenters. The summed E-state index contributed by atoms with van der Waals surface area (Å²) in [5.74, 6) is -0.808. The van der Waals surface area contributed by atoms with Crippen molar-refractivity contribution < 1.29 is 9.59 Å². The van der Waals surface area contributed by atoms with Gasteiger partial charge < -0.3 is 11.1 Å². The molecule has 3 rings (SSSR count). The van der Waals surface area contributed by atoms with Gasteiger partial charge in [0, 0.05) is 6.42 Å². The lowest BCUT2D eigenvalue weighted by atomic mass is 9.75. The summed E-state index contributed by atoms with van der Waals surface area (Å²) < 4.78 is 0. The van der Waals surface area contributed by atoms with Crippen molar-refractivity contribution in [3.05, 3.63) is 107 Å². The summed E-state index contributed by atoms with van der Waals surface area (Å²) in [6.07, 6.45) is 0.355. The molecule has 148 valence electrons. The second-order valence-corrected chi connectivity index (χ2v) is 7.42. The molecular weight excluding hydrogens is 360 g/mol. The van der Waals surface area contributed by atoms with Gasteiger partial charge in [-0.05, 0) is 36.1 Å². The van der Waals surface area contributed by atoms with Crippen molar-refractivity contribution in [2.45, 2.75) is 31.7 Å². The molecule has 3 N–H and O–H groups in total. The second-order valence-electron chi connectivity index (χ2n) is 7.42. The zero-order valence-electron chi connectivity index (χ0n) is 16.8. The predicted molar refractivity (Wildman–Crippen MR) is 115 cm³/mol. The van der Waals surface area contributed by atoms with Crippen LogP contribution in [0.3, 0.4) is 0 Å². The van der Waals surface area contributed by atoms with Crippen molar-refractivity contribution in [1.29, 1.82) is 0 Å². The van der Waals surface area contributed by atoms with Crippen LogP contribution in [0.4, 0.5) is 0 Å². The van der Waals surface area contributed by atoms with Crippen molar-refractivity contribution in [1.82, 2.24) is 5.32 Å². The molecule has 0 heterocycles. The van der Waals surface area contributed by atoms with Gasteiger partial charge in [0.2, 0.25) is 11.8 Å². The summed E-state index contributed by atoms with van der Waals surface area (Å²) >= 11 is 0. The van der Waals surface area contributed by atoms with E-state index in [1.54, 1.807) is 0 Å². The van der Waals surface area contributed by atoms with Crippen molar-refractivity contribution >= 4 is 11.8 Å². The quantitative estimate of drug-likeness (QED) is 0.652. The Morgan fingerprint density at radius 3 is 1.83 bits per heavy atom. The van der Waals surface area contributed by atoms with E-state index in [2.05, 4.69) is 5.32 Å². The van der Waals surface area contributed by atoms with Gasteiger partial charge in [-0.15, -0.1) is 0 Å². The fourth-order valence-corrected chi connectivity index (χ4v) is 3.56. The number of nitrogens with two attached hydrogens (primary N) is 1. The van der Waals surface area contributed by atoms with Crippen LogP contribution in [0.15, 0.2) is 84.9 Å². The molecule has 0 bridgehead atoms. The Morgan fingerprint density at radius 1 is 0.862 bits per heavy atom. The standard InChI is InChI=1S/C25H26N2O2/c1-18-11-9-10-12-19(18)17-22(23(26)28)27-24(29)25(2,20-13-5-3-6-14-20)21-15-7-4-8-16-21/h3-16,22H,17H2,1-2H3,(H2,26,28)(H,27,29)/t22-/m1/s1. The number of carbonyl (C=O) groups is 2. The molecule has 4 nitrogen and oxygen atoms in total. The van der Waals surface area contributed by atoms with Gasteiger partial charge in [-0.1, -0.05) is 84.9 Å². The highest BCUT2D eigenvalue weighted by Gasteiger charge is 2.38. The summed E-state index contributed by atoms with van der Waals surface area (Å²) in [6.45, 7) is 3.85. The molecule has 0 fully saturated rings. The molecule has 0 unspecified atom stereocenters. The van der Waals surface area contributed by atoms with E-state index in [9.17, 15) is 9.59 Å². The molecule has 0 aliphatic heterocycles. The maximum atomic E-state index is 13.5. The second kappa shape index (κ2) is 8.74. The number of carbonyl (C=O) groups excluding carboxylic acids is 2. The minimum atomic E-state index is -0.956. The van der Waals surface area contributed by atoms with Crippen molar-refractivity contribution in [3.63, 3.8) is 0 Å². The Hall–Kier alpha value is -3.40. The number of hydrogen-bond acceptors (Lipinski definition) is 2. The third-order valence-corrected chi connectivity index (χ3v) is 5.49. The molecule has 0 saturated heterocycles. The molecule has 3 aromatic carbocycles. The Balaban J connectivity index is 1.95. The molecule has 3 aromatic rings. The Morgan fingerprint density at radius 2 is 1.34 bits per heavy atom. The van der Waals surface area contributed by atoms with E-state index < -0.39 is 17.4 Å². The smallest absolute Gasteiger partial charge is 0.240 e. The summed E-state index contributed by atoms with van der Waals surface area (Å²) in [5.41, 5.74) is 8.43. The highest BCUT2D eigenvalue weighted by molar-refractivity contribution is 5.95. The van der Waals surface area contributed by atoms with E-state index in [4.69, 9.17) is 5.73 Å². The number of nitrogens with one attached hydrogen (secondary N) is 1. The number of amides is 2. The maximum absolute atomic E-state index is 13.5. The summed E-state index contributed by atoms with van der Waals surface area (Å²) in [5, 5.41) is 2.92. The minimum absolute atomic E-state index is 0.257. The number of hydrogen-bond donors (Lipinski definition) is 2. The first-order chi connectivity index (χ1) is 13.9. The van der Waals surface area contributed by atoms with Crippen molar-refractivity contribution in [2.24, 2.45) is 5.73 Å². The van der Waals surface area contributed by atoms with Crippen molar-refractivity contribution in [3.8, 4) is 0 Å². The van der Waals surface area contributed by atoms with Gasteiger partial charge in [-0.25, -0.2) is 0 Å². The van der Waals surface area contributed by atoms with Gasteiger partial charge in [-0.2, -0.15) is 0 Å². The summed E-state index contributed by atoms with van der Waals surface area (Å²) in [7, 11) is 0. The first kappa shape index (κ1) is 20.3. The molecule has 0 aliphatic rings. The monoisotopic (exact) mass is 386 g/mol. The molecule has 29 heavy (non-hydrogen) atoms. The number of rotatable bonds is 7. The van der Waals surface area contributed by atoms with E-state index in [1.165, 1.54) is 0 Å². The molecule has 4 heteroatoms. The van der Waals surface area contributed by atoms with E-state index in [-0.39, 0.29) is 5.91 Å². The van der Waals surface area contributed by atoms with Crippen LogP contribution in [0.5, 0.6) is 0 Å². The van der Waals surface area contributed by atoms with Crippen LogP contribution in [0.1, 0.15) is 29.2 Å². The van der Waals surface area contributed by atoms with Gasteiger partial charge in [0.25, 0.3) is 0 Å². The first-order valence-corrected chi connectivity index (χ1v) is 9.68. The summed E-state index contributed by atoms with van der Waals surface area (Å²) in [4.78, 5) is 25.7. The predicted octanol–water partition coefficient (Wildman–Crippen LogP) is 3.51. The van der Waals surface area contributed by atoms with E-state index >= 15 is 0 Å². The maximum Gasteiger partial charge on any atom is 0.240 e. The molecule has 0 saturated carbocycles. The lowest BCUT2D eigenvalue weighted by Gasteiger charge is -2.31. The summed E-state index contributed by atoms with van der Waals surface area (Å²) in [6, 6.07) is 26.1. The van der Waals surface area contributed by atoms with E-state index in [1.807, 2.05) is 98.8 Å². The Kier molecular flexibility index (Phi) is 6.13. The lowest BCUT2D eigenvalue weighted by molar-refractivity contribution is -0.129. The van der Waals surface area contributed by atoms with Crippen LogP contribution in [0.25, 0.3) is 0 Å². The highest BCUT2D eigenvalue weighted by Crippen LogP contribution is 2.32. The zero-order valence-corrected chi connectivity index (χ0v) is 16.8. The van der Waals surface area contributed by atoms with Gasteiger partial charge in [0.05, 0.1) is 5.41 Å². The molecule has 0 radical (unpaired) electrons. The van der Waals surface area contributed by atoms with E-state index in [0.29, 0.717) is 6.42 Å². The molecular formula is C25H26N2O2. The lowest BCUT2D eigenvalue weighted by Crippen LogP contribution is -2.52. The SMILES string of the molecule is Cc1ccccc1C[C@@H](NC(=O)C(C)(c1ccccc1)c1ccccc1)C(N)=O. The third-order valence-electron chi connectivity index (χ3n) is 5.49. The fraction of sp³-hybridized carbons (Fsp3) is 0.200. The number of benzene rings is 3. The molecule has 2 amide bonds. The number of primary amides is 1. The van der Waals surface area contributed by atoms with Crippen LogP contribution in [0.2, 0.25) is 0 Å². The Bertz CT molecular complexity index is 944. The van der Waals surface area contributed by atoms with Gasteiger partial charge >= 0.3 is 0 Å². The largest absolute Gasteiger partial charge is 0.368 e. The molecule has 0 spiro atoms. The van der Waals surface area contributed by atoms with Crippen LogP contribution in [-0.4, -0.2) is 17.9 Å². The fourth-order valence-electron chi connectivity index (χ4n) is 3.56. The van der Waals surface area contributed by atoms with Gasteiger partial charge in [0.15, 0.2) is 0 Å². The van der Waals surface area contributed by atoms with E-state index in [0.717, 1.165) is 22.3 Å². The topological polar surface area (TPSA) is 72.2 Å².